The van der Waals surface area contributed by atoms with Crippen LogP contribution in [0.5, 0.6) is 11.5 Å². The van der Waals surface area contributed by atoms with Gasteiger partial charge < -0.3 is 24.8 Å². The van der Waals surface area contributed by atoms with Gasteiger partial charge in [-0.25, -0.2) is 0 Å². The Morgan fingerprint density at radius 2 is 1.88 bits per heavy atom. The Morgan fingerprint density at radius 1 is 1.17 bits per heavy atom. The van der Waals surface area contributed by atoms with Crippen LogP contribution in [-0.2, 0) is 16.0 Å². The molecule has 134 valence electrons. The van der Waals surface area contributed by atoms with Gasteiger partial charge in [0.2, 0.25) is 5.91 Å². The van der Waals surface area contributed by atoms with E-state index < -0.39 is 5.41 Å². The van der Waals surface area contributed by atoms with E-state index in [1.54, 1.807) is 21.3 Å². The van der Waals surface area contributed by atoms with Crippen LogP contribution < -0.4 is 20.1 Å². The maximum absolute atomic E-state index is 12.7. The molecule has 1 aromatic rings. The largest absolute Gasteiger partial charge is 0.493 e. The Labute approximate surface area is 143 Å². The molecular weight excluding hydrogens is 308 g/mol. The van der Waals surface area contributed by atoms with Crippen molar-refractivity contribution in [3.05, 3.63) is 23.8 Å². The molecule has 1 aliphatic heterocycles. The zero-order valence-corrected chi connectivity index (χ0v) is 14.8. The molecule has 0 atom stereocenters. The summed E-state index contributed by atoms with van der Waals surface area (Å²) < 4.78 is 15.9. The fourth-order valence-corrected chi connectivity index (χ4v) is 3.16. The zero-order valence-electron chi connectivity index (χ0n) is 14.8. The summed E-state index contributed by atoms with van der Waals surface area (Å²) in [5.41, 5.74) is 0.691. The van der Waals surface area contributed by atoms with E-state index in [-0.39, 0.29) is 5.91 Å². The Hall–Kier alpha value is -1.79. The molecule has 1 aromatic carbocycles. The van der Waals surface area contributed by atoms with Gasteiger partial charge in [-0.3, -0.25) is 4.79 Å². The van der Waals surface area contributed by atoms with E-state index in [2.05, 4.69) is 10.6 Å². The molecule has 1 amide bonds. The molecule has 6 heteroatoms. The lowest BCUT2D eigenvalue weighted by Crippen LogP contribution is -2.50. The van der Waals surface area contributed by atoms with Crippen molar-refractivity contribution in [1.29, 1.82) is 0 Å². The highest BCUT2D eigenvalue weighted by atomic mass is 16.5. The van der Waals surface area contributed by atoms with Crippen LogP contribution in [0.3, 0.4) is 0 Å². The summed E-state index contributed by atoms with van der Waals surface area (Å²) in [5.74, 6) is 1.50. The number of piperidine rings is 1. The van der Waals surface area contributed by atoms with Crippen molar-refractivity contribution in [3.8, 4) is 11.5 Å². The average Bonchev–Trinajstić information content (AvgIpc) is 2.62. The third kappa shape index (κ3) is 4.39. The van der Waals surface area contributed by atoms with Crippen LogP contribution in [0.15, 0.2) is 18.2 Å². The average molecular weight is 336 g/mol. The first-order valence-electron chi connectivity index (χ1n) is 8.34. The van der Waals surface area contributed by atoms with Gasteiger partial charge in [-0.15, -0.1) is 0 Å². The van der Waals surface area contributed by atoms with Gasteiger partial charge in [-0.2, -0.15) is 0 Å². The number of hydrogen-bond acceptors (Lipinski definition) is 5. The fourth-order valence-electron chi connectivity index (χ4n) is 3.16. The van der Waals surface area contributed by atoms with Crippen molar-refractivity contribution in [3.63, 3.8) is 0 Å². The summed E-state index contributed by atoms with van der Waals surface area (Å²) in [6.45, 7) is 2.77. The van der Waals surface area contributed by atoms with Gasteiger partial charge in [-0.05, 0) is 50.0 Å². The first-order chi connectivity index (χ1) is 11.6. The molecule has 0 spiro atoms. The van der Waals surface area contributed by atoms with Gasteiger partial charge >= 0.3 is 0 Å². The van der Waals surface area contributed by atoms with Gasteiger partial charge in [0.05, 0.1) is 26.2 Å². The number of benzene rings is 1. The first kappa shape index (κ1) is 18.5. The Kier molecular flexibility index (Phi) is 6.87. The van der Waals surface area contributed by atoms with Crippen molar-refractivity contribution in [2.45, 2.75) is 19.3 Å². The second-order valence-corrected chi connectivity index (χ2v) is 6.16. The monoisotopic (exact) mass is 336 g/mol. The van der Waals surface area contributed by atoms with Gasteiger partial charge in [0, 0.05) is 13.7 Å². The van der Waals surface area contributed by atoms with E-state index in [1.165, 1.54) is 0 Å². The van der Waals surface area contributed by atoms with E-state index in [0.29, 0.717) is 24.7 Å². The fraction of sp³-hybridized carbons (Fsp3) is 0.611. The van der Waals surface area contributed by atoms with Crippen molar-refractivity contribution in [2.75, 3.05) is 47.6 Å². The minimum atomic E-state index is -0.405. The van der Waals surface area contributed by atoms with Crippen LogP contribution in [0, 0.1) is 5.41 Å². The summed E-state index contributed by atoms with van der Waals surface area (Å²) in [5, 5.41) is 6.37. The molecule has 24 heavy (non-hydrogen) atoms. The maximum atomic E-state index is 12.7. The number of methoxy groups -OCH3 is 3. The molecule has 0 bridgehead atoms. The van der Waals surface area contributed by atoms with Crippen molar-refractivity contribution < 1.29 is 19.0 Å². The van der Waals surface area contributed by atoms with Crippen molar-refractivity contribution in [2.24, 2.45) is 5.41 Å². The van der Waals surface area contributed by atoms with E-state index in [0.717, 1.165) is 37.9 Å². The predicted octanol–water partition coefficient (Wildman–Crippen LogP) is 1.38. The topological polar surface area (TPSA) is 68.8 Å². The third-order valence-electron chi connectivity index (χ3n) is 4.61. The van der Waals surface area contributed by atoms with Crippen LogP contribution >= 0.6 is 0 Å². The smallest absolute Gasteiger partial charge is 0.228 e. The number of carbonyl (C=O) groups is 1. The van der Waals surface area contributed by atoms with Gasteiger partial charge in [0.25, 0.3) is 0 Å². The zero-order chi connectivity index (χ0) is 17.4. The highest BCUT2D eigenvalue weighted by Gasteiger charge is 2.39. The van der Waals surface area contributed by atoms with Gasteiger partial charge in [0.15, 0.2) is 11.5 Å². The van der Waals surface area contributed by atoms with Gasteiger partial charge in [0.1, 0.15) is 0 Å². The molecule has 0 aromatic heterocycles. The lowest BCUT2D eigenvalue weighted by Gasteiger charge is -2.35. The lowest BCUT2D eigenvalue weighted by molar-refractivity contribution is -0.136. The first-order valence-corrected chi connectivity index (χ1v) is 8.34. The summed E-state index contributed by atoms with van der Waals surface area (Å²) in [4.78, 5) is 12.7. The molecular formula is C18H28N2O4. The SMILES string of the molecule is COCC1(C(=O)NCCc2ccc(OC)c(OC)c2)CCNCC1. The standard InChI is InChI=1S/C18H28N2O4/c1-22-13-18(7-10-19-11-8-18)17(21)20-9-6-14-4-5-15(23-2)16(12-14)24-3/h4-5,12,19H,6-11,13H2,1-3H3,(H,20,21). The molecule has 6 nitrogen and oxygen atoms in total. The summed E-state index contributed by atoms with van der Waals surface area (Å²) in [6.07, 6.45) is 2.36. The third-order valence-corrected chi connectivity index (χ3v) is 4.61. The number of amides is 1. The highest BCUT2D eigenvalue weighted by molar-refractivity contribution is 5.83. The Balaban J connectivity index is 1.91. The molecule has 0 saturated carbocycles. The van der Waals surface area contributed by atoms with Crippen LogP contribution in [-0.4, -0.2) is 53.5 Å². The normalized spacial score (nSPS) is 16.5. The molecule has 2 rings (SSSR count). The number of nitrogens with one attached hydrogen (secondary N) is 2. The van der Waals surface area contributed by atoms with Crippen LogP contribution in [0.1, 0.15) is 18.4 Å². The molecule has 1 saturated heterocycles. The van der Waals surface area contributed by atoms with Crippen LogP contribution in [0.2, 0.25) is 0 Å². The molecule has 0 aliphatic carbocycles. The number of ether oxygens (including phenoxy) is 3. The highest BCUT2D eigenvalue weighted by Crippen LogP contribution is 2.30. The molecule has 0 unspecified atom stereocenters. The lowest BCUT2D eigenvalue weighted by atomic mass is 9.78. The number of rotatable bonds is 8. The van der Waals surface area contributed by atoms with Crippen molar-refractivity contribution in [1.82, 2.24) is 10.6 Å². The summed E-state index contributed by atoms with van der Waals surface area (Å²) >= 11 is 0. The maximum Gasteiger partial charge on any atom is 0.228 e. The Bertz CT molecular complexity index is 536. The molecule has 1 aliphatic rings. The van der Waals surface area contributed by atoms with E-state index in [9.17, 15) is 4.79 Å². The van der Waals surface area contributed by atoms with E-state index >= 15 is 0 Å². The van der Waals surface area contributed by atoms with Crippen LogP contribution in [0.25, 0.3) is 0 Å². The predicted molar refractivity (Wildman–Crippen MR) is 92.7 cm³/mol. The summed E-state index contributed by atoms with van der Waals surface area (Å²) in [6, 6.07) is 5.82. The minimum Gasteiger partial charge on any atom is -0.493 e. The van der Waals surface area contributed by atoms with Crippen LogP contribution in [0.4, 0.5) is 0 Å². The quantitative estimate of drug-likeness (QED) is 0.751. The second-order valence-electron chi connectivity index (χ2n) is 6.16. The van der Waals surface area contributed by atoms with E-state index in [1.807, 2.05) is 18.2 Å². The molecule has 1 fully saturated rings. The molecule has 0 radical (unpaired) electrons. The van der Waals surface area contributed by atoms with E-state index in [4.69, 9.17) is 14.2 Å². The van der Waals surface area contributed by atoms with Crippen molar-refractivity contribution >= 4 is 5.91 Å². The van der Waals surface area contributed by atoms with Gasteiger partial charge in [-0.1, -0.05) is 6.07 Å². The second kappa shape index (κ2) is 8.89. The minimum absolute atomic E-state index is 0.0892. The Morgan fingerprint density at radius 3 is 2.50 bits per heavy atom. The molecule has 2 N–H and O–H groups in total. The number of carbonyl (C=O) groups excluding carboxylic acids is 1. The number of hydrogen-bond donors (Lipinski definition) is 2. The summed E-state index contributed by atoms with van der Waals surface area (Å²) in [7, 11) is 4.89. The molecule has 1 heterocycles.